The molecule has 0 bridgehead atoms. The first kappa shape index (κ1) is 26.0. The van der Waals surface area contributed by atoms with Crippen LogP contribution in [0.4, 0.5) is 0 Å². The second-order valence-corrected chi connectivity index (χ2v) is 0. The average molecular weight is 243 g/mol. The number of rotatable bonds is 0. The van der Waals surface area contributed by atoms with Gasteiger partial charge in [-0.3, -0.25) is 0 Å². The zero-order chi connectivity index (χ0) is 0. The van der Waals surface area contributed by atoms with E-state index < -0.39 is 0 Å². The Labute approximate surface area is 101 Å². The van der Waals surface area contributed by atoms with Crippen molar-refractivity contribution in [3.8, 4) is 0 Å². The molecular formula is H3KPSnV. The summed E-state index contributed by atoms with van der Waals surface area (Å²) in [4.78, 5) is 0. The molecule has 0 aromatic rings. The van der Waals surface area contributed by atoms with E-state index >= 15 is 0 Å². The molecule has 0 aliphatic carbocycles. The molecule has 0 rings (SSSR count). The zero-order valence-electron chi connectivity index (χ0n) is 2.65. The monoisotopic (exact) mass is 244 g/mol. The molecule has 0 aromatic carbocycles. The summed E-state index contributed by atoms with van der Waals surface area (Å²) >= 11 is 0. The van der Waals surface area contributed by atoms with Crippen molar-refractivity contribution >= 4 is 85.2 Å². The van der Waals surface area contributed by atoms with Crippen molar-refractivity contribution in [1.29, 1.82) is 0 Å². The molecule has 0 fully saturated rings. The van der Waals surface area contributed by atoms with E-state index in [0.717, 1.165) is 0 Å². The smallest absolute Gasteiger partial charge is 0 e. The van der Waals surface area contributed by atoms with Gasteiger partial charge in [0.15, 0.2) is 0 Å². The van der Waals surface area contributed by atoms with Gasteiger partial charge in [-0.2, -0.15) is 9.90 Å². The molecule has 0 spiro atoms. The van der Waals surface area contributed by atoms with E-state index in [4.69, 9.17) is 0 Å². The van der Waals surface area contributed by atoms with Gasteiger partial charge in [-0.05, 0) is 0 Å². The molecule has 0 aliphatic heterocycles. The molecule has 6 radical (unpaired) electrons. The molecule has 4 heteroatoms. The van der Waals surface area contributed by atoms with Gasteiger partial charge in [-0.1, -0.05) is 0 Å². The van der Waals surface area contributed by atoms with Gasteiger partial charge in [-0.25, -0.2) is 0 Å². The largest absolute Gasteiger partial charge is 0.153 e. The number of hydrogen-bond acceptors (Lipinski definition) is 0. The Balaban J connectivity index is 0. The molecule has 1 unspecified atom stereocenters. The molecule has 0 saturated carbocycles. The van der Waals surface area contributed by atoms with E-state index in [1.165, 1.54) is 0 Å². The standard InChI is InChI=1S/K.H3P.Sn.V/h;1H3;;. The quantitative estimate of drug-likeness (QED) is 0.389. The Hall–Kier alpha value is 3.45. The van der Waals surface area contributed by atoms with Crippen molar-refractivity contribution in [1.82, 2.24) is 0 Å². The molecule has 0 aliphatic rings. The van der Waals surface area contributed by atoms with Gasteiger partial charge < -0.3 is 0 Å². The fourth-order valence-corrected chi connectivity index (χ4v) is 0. The second kappa shape index (κ2) is 16.1. The predicted octanol–water partition coefficient (Wildman–Crippen LogP) is -0.706. The summed E-state index contributed by atoms with van der Waals surface area (Å²) in [5, 5.41) is 0. The molecule has 0 aromatic heterocycles. The molecule has 4 heavy (non-hydrogen) atoms. The summed E-state index contributed by atoms with van der Waals surface area (Å²) in [6.07, 6.45) is 0. The molecule has 1 atom stereocenters. The maximum atomic E-state index is 0. The third-order valence-electron chi connectivity index (χ3n) is 0. The summed E-state index contributed by atoms with van der Waals surface area (Å²) < 4.78 is 0. The van der Waals surface area contributed by atoms with Crippen molar-refractivity contribution in [2.45, 2.75) is 0 Å². The minimum Gasteiger partial charge on any atom is -0.153 e. The Kier molecular flexibility index (Phi) is 105. The molecule has 0 saturated heterocycles. The van der Waals surface area contributed by atoms with Crippen LogP contribution in [0.15, 0.2) is 0 Å². The summed E-state index contributed by atoms with van der Waals surface area (Å²) in [5.74, 6) is 0. The van der Waals surface area contributed by atoms with Gasteiger partial charge in [0.05, 0.1) is 0 Å². The first-order chi connectivity index (χ1) is 0. The fraction of sp³-hybridized carbons (Fsp3) is 0. The summed E-state index contributed by atoms with van der Waals surface area (Å²) in [6.45, 7) is 0. The van der Waals surface area contributed by atoms with Crippen molar-refractivity contribution < 1.29 is 18.6 Å². The van der Waals surface area contributed by atoms with Crippen molar-refractivity contribution in [3.05, 3.63) is 0 Å². The molecule has 0 heterocycles. The summed E-state index contributed by atoms with van der Waals surface area (Å²) in [5.41, 5.74) is 0. The van der Waals surface area contributed by atoms with E-state index in [1.54, 1.807) is 0 Å². The van der Waals surface area contributed by atoms with Crippen LogP contribution < -0.4 is 0 Å². The van der Waals surface area contributed by atoms with Crippen LogP contribution in [0.1, 0.15) is 0 Å². The van der Waals surface area contributed by atoms with Gasteiger partial charge in [0.2, 0.25) is 0 Å². The third kappa shape index (κ3) is 9.07. The van der Waals surface area contributed by atoms with Crippen LogP contribution >= 0.6 is 9.90 Å². The van der Waals surface area contributed by atoms with E-state index in [1.807, 2.05) is 0 Å². The SMILES string of the molecule is P.[K].[Sn].[V]. The van der Waals surface area contributed by atoms with Crippen molar-refractivity contribution in [2.75, 3.05) is 0 Å². The Morgan fingerprint density at radius 2 is 1.00 bits per heavy atom. The third-order valence-corrected chi connectivity index (χ3v) is 0. The number of hydrogen-bond donors (Lipinski definition) is 0. The molecule has 0 N–H and O–H groups in total. The molecule has 0 amide bonds. The normalized spacial score (nSPS) is 0. The maximum Gasteiger partial charge on any atom is 0 e. The van der Waals surface area contributed by atoms with E-state index in [9.17, 15) is 0 Å². The van der Waals surface area contributed by atoms with Gasteiger partial charge in [0.1, 0.15) is 0 Å². The van der Waals surface area contributed by atoms with Gasteiger partial charge >= 0.3 is 0 Å². The van der Waals surface area contributed by atoms with Gasteiger partial charge in [-0.15, -0.1) is 0 Å². The Morgan fingerprint density at radius 3 is 1.00 bits per heavy atom. The Bertz CT molecular complexity index is 8.00. The van der Waals surface area contributed by atoms with Crippen LogP contribution in [0.3, 0.4) is 0 Å². The summed E-state index contributed by atoms with van der Waals surface area (Å²) in [6, 6.07) is 0. The first-order valence-corrected chi connectivity index (χ1v) is 0. The topological polar surface area (TPSA) is 0 Å². The van der Waals surface area contributed by atoms with Crippen LogP contribution in [-0.2, 0) is 18.6 Å². The maximum absolute atomic E-state index is 0. The Morgan fingerprint density at radius 1 is 1.00 bits per heavy atom. The molecular weight excluding hydrogens is 240 g/mol. The van der Waals surface area contributed by atoms with Gasteiger partial charge in [0.25, 0.3) is 0 Å². The minimum atomic E-state index is 0. The zero-order valence-corrected chi connectivity index (χ0v) is 11.4. The predicted molar refractivity (Wildman–Crippen MR) is 22.6 cm³/mol. The molecule has 0 nitrogen and oxygen atoms in total. The van der Waals surface area contributed by atoms with Crippen molar-refractivity contribution in [3.63, 3.8) is 0 Å². The van der Waals surface area contributed by atoms with E-state index in [-0.39, 0.29) is 104 Å². The van der Waals surface area contributed by atoms with Crippen LogP contribution in [0.5, 0.6) is 0 Å². The van der Waals surface area contributed by atoms with Gasteiger partial charge in [0, 0.05) is 93.8 Å². The fourth-order valence-electron chi connectivity index (χ4n) is 0. The minimum absolute atomic E-state index is 0. The van der Waals surface area contributed by atoms with Crippen LogP contribution in [-0.4, -0.2) is 75.3 Å². The van der Waals surface area contributed by atoms with E-state index in [2.05, 4.69) is 0 Å². The molecule has 18 valence electrons. The van der Waals surface area contributed by atoms with Crippen LogP contribution in [0.25, 0.3) is 0 Å². The van der Waals surface area contributed by atoms with Crippen molar-refractivity contribution in [2.24, 2.45) is 0 Å². The second-order valence-electron chi connectivity index (χ2n) is 0. The van der Waals surface area contributed by atoms with E-state index in [0.29, 0.717) is 0 Å². The van der Waals surface area contributed by atoms with Crippen LogP contribution in [0.2, 0.25) is 0 Å². The van der Waals surface area contributed by atoms with Crippen LogP contribution in [0, 0.1) is 0 Å². The first-order valence-electron chi connectivity index (χ1n) is 0. The average Bonchev–Trinajstić information content (AvgIpc) is 0. The summed E-state index contributed by atoms with van der Waals surface area (Å²) in [7, 11) is 0.